The van der Waals surface area contributed by atoms with Gasteiger partial charge in [0.15, 0.2) is 0 Å². The number of fused-ring (bicyclic) bond motifs is 1. The molecule has 2 aromatic carbocycles. The van der Waals surface area contributed by atoms with Crippen LogP contribution < -0.4 is 10.3 Å². The topological polar surface area (TPSA) is 57.0 Å². The zero-order valence-corrected chi connectivity index (χ0v) is 17.7. The van der Waals surface area contributed by atoms with Crippen molar-refractivity contribution in [2.75, 3.05) is 7.11 Å². The average Bonchev–Trinajstić information content (AvgIpc) is 3.44. The van der Waals surface area contributed by atoms with Gasteiger partial charge in [0.05, 0.1) is 31.1 Å². The van der Waals surface area contributed by atoms with Gasteiger partial charge in [0, 0.05) is 15.8 Å². The van der Waals surface area contributed by atoms with Crippen molar-refractivity contribution in [2.24, 2.45) is 0 Å². The fraction of sp³-hybridized carbons (Fsp3) is 0.0870. The third-order valence-corrected chi connectivity index (χ3v) is 6.81. The molecule has 0 radical (unpaired) electrons. The molecule has 0 fully saturated rings. The Morgan fingerprint density at radius 2 is 1.87 bits per heavy atom. The molecular weight excluding hydrogens is 414 g/mol. The molecule has 3 aromatic heterocycles. The Labute approximate surface area is 180 Å². The van der Waals surface area contributed by atoms with Crippen molar-refractivity contribution in [1.29, 1.82) is 0 Å². The molecule has 0 aliphatic carbocycles. The van der Waals surface area contributed by atoms with Crippen molar-refractivity contribution in [1.82, 2.24) is 14.5 Å². The molecule has 0 spiro atoms. The number of thiophene rings is 1. The molecule has 0 aliphatic rings. The van der Waals surface area contributed by atoms with Gasteiger partial charge in [-0.05, 0) is 23.8 Å². The normalized spacial score (nSPS) is 11.1. The van der Waals surface area contributed by atoms with Gasteiger partial charge in [-0.3, -0.25) is 9.36 Å². The molecular formula is C23H17N3O2S2. The van der Waals surface area contributed by atoms with E-state index in [9.17, 15) is 4.79 Å². The molecule has 0 amide bonds. The highest BCUT2D eigenvalue weighted by Gasteiger charge is 2.12. The summed E-state index contributed by atoms with van der Waals surface area (Å²) in [4.78, 5) is 24.0. The van der Waals surface area contributed by atoms with E-state index >= 15 is 0 Å². The lowest BCUT2D eigenvalue weighted by atomic mass is 10.2. The Morgan fingerprint density at radius 1 is 1.03 bits per heavy atom. The summed E-state index contributed by atoms with van der Waals surface area (Å²) in [6.07, 6.45) is 1.61. The van der Waals surface area contributed by atoms with E-state index in [0.717, 1.165) is 37.3 Å². The van der Waals surface area contributed by atoms with E-state index in [-0.39, 0.29) is 5.56 Å². The summed E-state index contributed by atoms with van der Waals surface area (Å²) >= 11 is 3.09. The van der Waals surface area contributed by atoms with Crippen LogP contribution in [0.4, 0.5) is 0 Å². The molecule has 0 unspecified atom stereocenters. The quantitative estimate of drug-likeness (QED) is 0.379. The predicted octanol–water partition coefficient (Wildman–Crippen LogP) is 5.31. The molecule has 5 rings (SSSR count). The largest absolute Gasteiger partial charge is 0.497 e. The van der Waals surface area contributed by atoms with Crippen molar-refractivity contribution < 1.29 is 4.74 Å². The molecule has 0 N–H and O–H groups in total. The van der Waals surface area contributed by atoms with E-state index in [4.69, 9.17) is 9.72 Å². The van der Waals surface area contributed by atoms with Gasteiger partial charge in [-0.25, -0.2) is 9.97 Å². The van der Waals surface area contributed by atoms with Crippen molar-refractivity contribution in [3.8, 4) is 26.8 Å². The SMILES string of the molecule is COc1cccc(-c2nc(Cn3cnc4sc(-c5ccccc5)cc4c3=O)cs2)c1. The standard InChI is InChI=1S/C23H17N3O2S2/c1-28-18-9-5-8-16(10-18)21-25-17(13-29-21)12-26-14-24-22-19(23(26)27)11-20(30-22)15-6-3-2-4-7-15/h2-11,13-14H,12H2,1H3. The highest BCUT2D eigenvalue weighted by Crippen LogP contribution is 2.31. The number of methoxy groups -OCH3 is 1. The first kappa shape index (κ1) is 18.7. The molecule has 5 aromatic rings. The average molecular weight is 432 g/mol. The minimum absolute atomic E-state index is 0.0469. The summed E-state index contributed by atoms with van der Waals surface area (Å²) in [5, 5.41) is 3.52. The highest BCUT2D eigenvalue weighted by molar-refractivity contribution is 7.21. The lowest BCUT2D eigenvalue weighted by Crippen LogP contribution is -2.20. The van der Waals surface area contributed by atoms with Gasteiger partial charge in [0.1, 0.15) is 15.6 Å². The molecule has 148 valence electrons. The fourth-order valence-corrected chi connectivity index (χ4v) is 5.06. The van der Waals surface area contributed by atoms with Gasteiger partial charge >= 0.3 is 0 Å². The van der Waals surface area contributed by atoms with Gasteiger partial charge in [0.25, 0.3) is 5.56 Å². The third-order valence-electron chi connectivity index (χ3n) is 4.78. The van der Waals surface area contributed by atoms with Crippen LogP contribution in [0.1, 0.15) is 5.69 Å². The maximum absolute atomic E-state index is 13.0. The van der Waals surface area contributed by atoms with Crippen LogP contribution in [-0.4, -0.2) is 21.6 Å². The number of hydrogen-bond donors (Lipinski definition) is 0. The van der Waals surface area contributed by atoms with Crippen LogP contribution in [0.5, 0.6) is 5.75 Å². The van der Waals surface area contributed by atoms with Crippen LogP contribution in [0.15, 0.2) is 77.2 Å². The second-order valence-electron chi connectivity index (χ2n) is 6.75. The van der Waals surface area contributed by atoms with Crippen LogP contribution >= 0.6 is 22.7 Å². The van der Waals surface area contributed by atoms with Crippen molar-refractivity contribution in [3.05, 3.63) is 88.4 Å². The summed E-state index contributed by atoms with van der Waals surface area (Å²) in [5.41, 5.74) is 2.87. The monoisotopic (exact) mass is 431 g/mol. The first-order valence-corrected chi connectivity index (χ1v) is 11.0. The van der Waals surface area contributed by atoms with E-state index in [2.05, 4.69) is 4.98 Å². The van der Waals surface area contributed by atoms with E-state index in [1.807, 2.05) is 66.0 Å². The maximum atomic E-state index is 13.0. The molecule has 0 saturated heterocycles. The Balaban J connectivity index is 1.45. The Hall–Kier alpha value is -3.29. The van der Waals surface area contributed by atoms with Gasteiger partial charge in [0.2, 0.25) is 0 Å². The molecule has 7 heteroatoms. The molecule has 0 bridgehead atoms. The molecule has 0 atom stereocenters. The first-order valence-electron chi connectivity index (χ1n) is 9.34. The predicted molar refractivity (Wildman–Crippen MR) is 123 cm³/mol. The number of thiazole rings is 1. The van der Waals surface area contributed by atoms with Crippen molar-refractivity contribution in [2.45, 2.75) is 6.54 Å². The molecule has 0 aliphatic heterocycles. The van der Waals surface area contributed by atoms with E-state index in [1.54, 1.807) is 29.3 Å². The van der Waals surface area contributed by atoms with Gasteiger partial charge in [-0.2, -0.15) is 0 Å². The van der Waals surface area contributed by atoms with Gasteiger partial charge < -0.3 is 4.74 Å². The van der Waals surface area contributed by atoms with Gasteiger partial charge in [-0.1, -0.05) is 42.5 Å². The van der Waals surface area contributed by atoms with Crippen LogP contribution in [0.25, 0.3) is 31.2 Å². The third kappa shape index (κ3) is 3.53. The number of rotatable bonds is 5. The summed E-state index contributed by atoms with van der Waals surface area (Å²) in [6, 6.07) is 19.8. The summed E-state index contributed by atoms with van der Waals surface area (Å²) < 4.78 is 6.91. The highest BCUT2D eigenvalue weighted by atomic mass is 32.1. The minimum atomic E-state index is -0.0469. The lowest BCUT2D eigenvalue weighted by molar-refractivity contribution is 0.415. The van der Waals surface area contributed by atoms with Crippen LogP contribution in [0.2, 0.25) is 0 Å². The van der Waals surface area contributed by atoms with E-state index < -0.39 is 0 Å². The first-order chi connectivity index (χ1) is 14.7. The van der Waals surface area contributed by atoms with Crippen molar-refractivity contribution >= 4 is 32.9 Å². The fourth-order valence-electron chi connectivity index (χ4n) is 3.26. The summed E-state index contributed by atoms with van der Waals surface area (Å²) in [7, 11) is 1.65. The number of aromatic nitrogens is 3. The second-order valence-corrected chi connectivity index (χ2v) is 8.64. The zero-order valence-electron chi connectivity index (χ0n) is 16.1. The zero-order chi connectivity index (χ0) is 20.5. The molecule has 3 heterocycles. The Bertz CT molecular complexity index is 1390. The summed E-state index contributed by atoms with van der Waals surface area (Å²) in [6.45, 7) is 0.388. The number of hydrogen-bond acceptors (Lipinski definition) is 6. The number of benzene rings is 2. The minimum Gasteiger partial charge on any atom is -0.497 e. The molecule has 30 heavy (non-hydrogen) atoms. The van der Waals surface area contributed by atoms with Gasteiger partial charge in [-0.15, -0.1) is 22.7 Å². The molecule has 5 nitrogen and oxygen atoms in total. The van der Waals surface area contributed by atoms with Crippen LogP contribution in [0.3, 0.4) is 0 Å². The Morgan fingerprint density at radius 3 is 2.70 bits per heavy atom. The van der Waals surface area contributed by atoms with Crippen LogP contribution in [-0.2, 0) is 6.54 Å². The van der Waals surface area contributed by atoms with Crippen LogP contribution in [0, 0.1) is 0 Å². The van der Waals surface area contributed by atoms with Crippen molar-refractivity contribution in [3.63, 3.8) is 0 Å². The maximum Gasteiger partial charge on any atom is 0.262 e. The number of nitrogens with zero attached hydrogens (tertiary/aromatic N) is 3. The Kier molecular flexibility index (Phi) is 4.90. The lowest BCUT2D eigenvalue weighted by Gasteiger charge is -2.03. The number of ether oxygens (including phenoxy) is 1. The second kappa shape index (κ2) is 7.85. The van der Waals surface area contributed by atoms with E-state index in [0.29, 0.717) is 11.9 Å². The van der Waals surface area contributed by atoms with E-state index in [1.165, 1.54) is 11.3 Å². The molecule has 0 saturated carbocycles. The summed E-state index contributed by atoms with van der Waals surface area (Å²) in [5.74, 6) is 0.793. The smallest absolute Gasteiger partial charge is 0.262 e.